The lowest BCUT2D eigenvalue weighted by Crippen LogP contribution is -2.27. The summed E-state index contributed by atoms with van der Waals surface area (Å²) >= 11 is 0. The zero-order valence-electron chi connectivity index (χ0n) is 8.98. The molecule has 0 aromatic rings. The molecule has 0 aliphatic carbocycles. The Morgan fingerprint density at radius 3 is 2.43 bits per heavy atom. The van der Waals surface area contributed by atoms with Gasteiger partial charge in [-0.05, 0) is 32.4 Å². The van der Waals surface area contributed by atoms with Crippen molar-refractivity contribution < 1.29 is 4.79 Å². The standard InChI is InChI=1S/C11H22N2O/c14-11-7-4-2-1-3-5-8-12-9-6-10-13-11/h12H,1-10H2,(H,13,14). The third kappa shape index (κ3) is 5.97. The van der Waals surface area contributed by atoms with E-state index >= 15 is 0 Å². The van der Waals surface area contributed by atoms with Crippen molar-refractivity contribution in [1.29, 1.82) is 0 Å². The van der Waals surface area contributed by atoms with Gasteiger partial charge in [0.15, 0.2) is 0 Å². The highest BCUT2D eigenvalue weighted by Gasteiger charge is 2.01. The molecule has 0 aromatic carbocycles. The van der Waals surface area contributed by atoms with Crippen LogP contribution in [0.25, 0.3) is 0 Å². The SMILES string of the molecule is O=C1CCCCCCCNCCCN1. The van der Waals surface area contributed by atoms with Crippen LogP contribution < -0.4 is 10.6 Å². The fourth-order valence-corrected chi connectivity index (χ4v) is 1.72. The largest absolute Gasteiger partial charge is 0.356 e. The van der Waals surface area contributed by atoms with E-state index in [1.54, 1.807) is 0 Å². The molecule has 1 aliphatic heterocycles. The van der Waals surface area contributed by atoms with Gasteiger partial charge in [-0.15, -0.1) is 0 Å². The van der Waals surface area contributed by atoms with Crippen LogP contribution in [0.5, 0.6) is 0 Å². The fourth-order valence-electron chi connectivity index (χ4n) is 1.72. The van der Waals surface area contributed by atoms with E-state index in [0.717, 1.165) is 32.5 Å². The molecule has 1 rings (SSSR count). The van der Waals surface area contributed by atoms with Crippen LogP contribution in [0.2, 0.25) is 0 Å². The number of amides is 1. The summed E-state index contributed by atoms with van der Waals surface area (Å²) in [5.41, 5.74) is 0. The molecule has 1 aliphatic rings. The van der Waals surface area contributed by atoms with Crippen LogP contribution in [-0.4, -0.2) is 25.5 Å². The van der Waals surface area contributed by atoms with Crippen molar-refractivity contribution in [3.8, 4) is 0 Å². The van der Waals surface area contributed by atoms with E-state index in [9.17, 15) is 4.79 Å². The number of hydrogen-bond donors (Lipinski definition) is 2. The molecule has 1 saturated heterocycles. The lowest BCUT2D eigenvalue weighted by Gasteiger charge is -2.04. The van der Waals surface area contributed by atoms with Crippen molar-refractivity contribution in [2.24, 2.45) is 0 Å². The molecule has 0 radical (unpaired) electrons. The Morgan fingerprint density at radius 2 is 1.50 bits per heavy atom. The van der Waals surface area contributed by atoms with Crippen molar-refractivity contribution in [3.63, 3.8) is 0 Å². The van der Waals surface area contributed by atoms with E-state index in [-0.39, 0.29) is 5.91 Å². The summed E-state index contributed by atoms with van der Waals surface area (Å²) in [6.45, 7) is 2.99. The number of carbonyl (C=O) groups is 1. The van der Waals surface area contributed by atoms with Crippen molar-refractivity contribution in [2.75, 3.05) is 19.6 Å². The second-order valence-corrected chi connectivity index (χ2v) is 3.97. The van der Waals surface area contributed by atoms with Crippen LogP contribution in [0, 0.1) is 0 Å². The highest BCUT2D eigenvalue weighted by molar-refractivity contribution is 5.75. The van der Waals surface area contributed by atoms with Crippen LogP contribution in [-0.2, 0) is 4.79 Å². The smallest absolute Gasteiger partial charge is 0.219 e. The predicted octanol–water partition coefficient (Wildman–Crippen LogP) is 1.44. The Balaban J connectivity index is 2.15. The topological polar surface area (TPSA) is 41.1 Å². The number of carbonyl (C=O) groups excluding carboxylic acids is 1. The summed E-state index contributed by atoms with van der Waals surface area (Å²) in [6, 6.07) is 0. The van der Waals surface area contributed by atoms with Crippen LogP contribution in [0.15, 0.2) is 0 Å². The molecule has 1 amide bonds. The van der Waals surface area contributed by atoms with Gasteiger partial charge in [0.25, 0.3) is 0 Å². The first kappa shape index (κ1) is 11.5. The average molecular weight is 198 g/mol. The molecular weight excluding hydrogens is 176 g/mol. The van der Waals surface area contributed by atoms with Gasteiger partial charge in [-0.1, -0.05) is 19.3 Å². The van der Waals surface area contributed by atoms with Gasteiger partial charge in [0.05, 0.1) is 0 Å². The van der Waals surface area contributed by atoms with E-state index in [4.69, 9.17) is 0 Å². The Morgan fingerprint density at radius 1 is 0.786 bits per heavy atom. The van der Waals surface area contributed by atoms with Gasteiger partial charge in [-0.25, -0.2) is 0 Å². The zero-order valence-corrected chi connectivity index (χ0v) is 8.98. The molecule has 3 nitrogen and oxygen atoms in total. The first-order chi connectivity index (χ1) is 6.89. The van der Waals surface area contributed by atoms with Crippen molar-refractivity contribution in [1.82, 2.24) is 10.6 Å². The molecule has 0 atom stereocenters. The average Bonchev–Trinajstić information content (AvgIpc) is 2.20. The van der Waals surface area contributed by atoms with Crippen LogP contribution in [0.1, 0.15) is 44.9 Å². The van der Waals surface area contributed by atoms with Crippen LogP contribution >= 0.6 is 0 Å². The highest BCUT2D eigenvalue weighted by atomic mass is 16.1. The van der Waals surface area contributed by atoms with Crippen LogP contribution in [0.3, 0.4) is 0 Å². The van der Waals surface area contributed by atoms with Gasteiger partial charge in [0.1, 0.15) is 0 Å². The quantitative estimate of drug-likeness (QED) is 0.618. The Hall–Kier alpha value is -0.570. The minimum Gasteiger partial charge on any atom is -0.356 e. The van der Waals surface area contributed by atoms with Gasteiger partial charge in [0.2, 0.25) is 5.91 Å². The van der Waals surface area contributed by atoms with E-state index < -0.39 is 0 Å². The molecule has 3 heteroatoms. The van der Waals surface area contributed by atoms with E-state index in [0.29, 0.717) is 6.42 Å². The van der Waals surface area contributed by atoms with Crippen molar-refractivity contribution >= 4 is 5.91 Å². The molecule has 0 saturated carbocycles. The third-order valence-electron chi connectivity index (χ3n) is 2.61. The molecule has 0 aromatic heterocycles. The van der Waals surface area contributed by atoms with Crippen molar-refractivity contribution in [3.05, 3.63) is 0 Å². The maximum Gasteiger partial charge on any atom is 0.219 e. The second-order valence-electron chi connectivity index (χ2n) is 3.97. The summed E-state index contributed by atoms with van der Waals surface area (Å²) in [7, 11) is 0. The van der Waals surface area contributed by atoms with E-state index in [1.807, 2.05) is 0 Å². The molecule has 0 bridgehead atoms. The summed E-state index contributed by atoms with van der Waals surface area (Å²) in [5, 5.41) is 6.33. The van der Waals surface area contributed by atoms with E-state index in [2.05, 4.69) is 10.6 Å². The number of nitrogens with one attached hydrogen (secondary N) is 2. The van der Waals surface area contributed by atoms with Gasteiger partial charge in [0, 0.05) is 13.0 Å². The first-order valence-corrected chi connectivity index (χ1v) is 5.87. The molecule has 1 fully saturated rings. The van der Waals surface area contributed by atoms with E-state index in [1.165, 1.54) is 25.7 Å². The molecule has 82 valence electrons. The van der Waals surface area contributed by atoms with Gasteiger partial charge >= 0.3 is 0 Å². The second kappa shape index (κ2) is 7.80. The Bertz CT molecular complexity index is 143. The van der Waals surface area contributed by atoms with Crippen molar-refractivity contribution in [2.45, 2.75) is 44.9 Å². The summed E-state index contributed by atoms with van der Waals surface area (Å²) in [6.07, 6.45) is 7.87. The summed E-state index contributed by atoms with van der Waals surface area (Å²) in [5.74, 6) is 0.226. The maximum atomic E-state index is 11.3. The Kier molecular flexibility index (Phi) is 6.41. The first-order valence-electron chi connectivity index (χ1n) is 5.87. The van der Waals surface area contributed by atoms with Gasteiger partial charge < -0.3 is 10.6 Å². The maximum absolute atomic E-state index is 11.3. The predicted molar refractivity (Wildman–Crippen MR) is 58.2 cm³/mol. The monoisotopic (exact) mass is 198 g/mol. The summed E-state index contributed by atoms with van der Waals surface area (Å²) < 4.78 is 0. The molecule has 14 heavy (non-hydrogen) atoms. The fraction of sp³-hybridized carbons (Fsp3) is 0.909. The zero-order chi connectivity index (χ0) is 10.1. The normalized spacial score (nSPS) is 22.7. The van der Waals surface area contributed by atoms with Gasteiger partial charge in [-0.2, -0.15) is 0 Å². The number of rotatable bonds is 0. The van der Waals surface area contributed by atoms with Crippen LogP contribution in [0.4, 0.5) is 0 Å². The summed E-state index contributed by atoms with van der Waals surface area (Å²) in [4.78, 5) is 11.3. The third-order valence-corrected chi connectivity index (χ3v) is 2.61. The van der Waals surface area contributed by atoms with Gasteiger partial charge in [-0.3, -0.25) is 4.79 Å². The minimum atomic E-state index is 0.226. The molecular formula is C11H22N2O. The molecule has 2 N–H and O–H groups in total. The Labute approximate surface area is 86.6 Å². The lowest BCUT2D eigenvalue weighted by molar-refractivity contribution is -0.121. The minimum absolute atomic E-state index is 0.226. The molecule has 0 spiro atoms. The lowest BCUT2D eigenvalue weighted by atomic mass is 10.1. The number of hydrogen-bond acceptors (Lipinski definition) is 2. The molecule has 0 unspecified atom stereocenters. The highest BCUT2D eigenvalue weighted by Crippen LogP contribution is 2.05. The molecule has 1 heterocycles.